The molecule has 1 aliphatic heterocycles. The van der Waals surface area contributed by atoms with Crippen LogP contribution in [-0.4, -0.2) is 15.7 Å². The van der Waals surface area contributed by atoms with E-state index >= 15 is 0 Å². The number of aromatic nitrogens is 2. The monoisotopic (exact) mass is 327 g/mol. The molecule has 0 unspecified atom stereocenters. The summed E-state index contributed by atoms with van der Waals surface area (Å²) in [6.07, 6.45) is 16.5. The van der Waals surface area contributed by atoms with Crippen LogP contribution in [0.4, 0.5) is 0 Å². The number of rotatable bonds is 3. The maximum Gasteiger partial charge on any atom is 0.0451 e. The zero-order valence-electron chi connectivity index (χ0n) is 14.6. The first-order valence-electron chi connectivity index (χ1n) is 8.29. The van der Waals surface area contributed by atoms with Crippen molar-refractivity contribution in [2.45, 2.75) is 20.3 Å². The Morgan fingerprint density at radius 1 is 1.12 bits per heavy atom. The minimum absolute atomic E-state index is 0.824. The maximum absolute atomic E-state index is 4.57. The van der Waals surface area contributed by atoms with Gasteiger partial charge in [0.15, 0.2) is 0 Å². The molecule has 3 heterocycles. The van der Waals surface area contributed by atoms with E-state index in [0.29, 0.717) is 0 Å². The van der Waals surface area contributed by atoms with Gasteiger partial charge in [0.1, 0.15) is 0 Å². The van der Waals surface area contributed by atoms with Crippen LogP contribution in [0.5, 0.6) is 0 Å². The van der Waals surface area contributed by atoms with Crippen molar-refractivity contribution >= 4 is 11.3 Å². The molecule has 3 nitrogen and oxygen atoms in total. The third-order valence-corrected chi connectivity index (χ3v) is 4.12. The van der Waals surface area contributed by atoms with Crippen LogP contribution in [0, 0.1) is 6.92 Å². The largest absolute Gasteiger partial charge is 0.264 e. The highest BCUT2D eigenvalue weighted by atomic mass is 14.7. The van der Waals surface area contributed by atoms with Gasteiger partial charge in [-0.2, -0.15) is 0 Å². The molecular weight excluding hydrogens is 306 g/mol. The average molecular weight is 327 g/mol. The minimum Gasteiger partial charge on any atom is -0.264 e. The Kier molecular flexibility index (Phi) is 5.14. The predicted octanol–water partition coefficient (Wildman–Crippen LogP) is 5.33. The number of allylic oxidation sites excluding steroid dienone is 6. The van der Waals surface area contributed by atoms with Crippen LogP contribution in [0.3, 0.4) is 0 Å². The molecule has 0 fully saturated rings. The fraction of sp³-hybridized carbons (Fsp3) is 0.136. The van der Waals surface area contributed by atoms with Gasteiger partial charge in [0.25, 0.3) is 0 Å². The van der Waals surface area contributed by atoms with E-state index in [1.54, 1.807) is 6.20 Å². The van der Waals surface area contributed by atoms with Crippen molar-refractivity contribution in [2.24, 2.45) is 4.99 Å². The van der Waals surface area contributed by atoms with Gasteiger partial charge in [-0.05, 0) is 49.6 Å². The Bertz CT molecular complexity index is 900. The average Bonchev–Trinajstić information content (AvgIpc) is 2.74. The summed E-state index contributed by atoms with van der Waals surface area (Å²) in [4.78, 5) is 13.1. The second-order valence-corrected chi connectivity index (χ2v) is 5.96. The molecule has 0 atom stereocenters. The molecule has 0 N–H and O–H groups in total. The van der Waals surface area contributed by atoms with Crippen molar-refractivity contribution in [2.75, 3.05) is 0 Å². The van der Waals surface area contributed by atoms with E-state index in [1.807, 2.05) is 56.7 Å². The van der Waals surface area contributed by atoms with Crippen molar-refractivity contribution in [3.63, 3.8) is 0 Å². The van der Waals surface area contributed by atoms with Crippen molar-refractivity contribution in [1.29, 1.82) is 0 Å². The Morgan fingerprint density at radius 3 is 2.80 bits per heavy atom. The number of hydrogen-bond donors (Lipinski definition) is 0. The van der Waals surface area contributed by atoms with Crippen LogP contribution in [0.15, 0.2) is 84.4 Å². The molecular formula is C22H21N3. The van der Waals surface area contributed by atoms with Gasteiger partial charge in [-0.1, -0.05) is 30.9 Å². The Labute approximate surface area is 148 Å². The lowest BCUT2D eigenvalue weighted by Gasteiger charge is -2.12. The molecule has 3 rings (SSSR count). The van der Waals surface area contributed by atoms with Crippen molar-refractivity contribution < 1.29 is 0 Å². The molecule has 2 aromatic rings. The van der Waals surface area contributed by atoms with E-state index in [2.05, 4.69) is 39.8 Å². The van der Waals surface area contributed by atoms with E-state index in [-0.39, 0.29) is 0 Å². The summed E-state index contributed by atoms with van der Waals surface area (Å²) in [6.45, 7) is 8.33. The van der Waals surface area contributed by atoms with Gasteiger partial charge in [-0.3, -0.25) is 15.0 Å². The number of nitrogens with zero attached hydrogens (tertiary/aromatic N) is 3. The normalized spacial score (nSPS) is 20.9. The zero-order valence-corrected chi connectivity index (χ0v) is 14.6. The summed E-state index contributed by atoms with van der Waals surface area (Å²) < 4.78 is 0. The molecule has 2 aromatic heterocycles. The minimum atomic E-state index is 0.824. The summed E-state index contributed by atoms with van der Waals surface area (Å²) >= 11 is 0. The van der Waals surface area contributed by atoms with Gasteiger partial charge < -0.3 is 0 Å². The highest BCUT2D eigenvalue weighted by molar-refractivity contribution is 5.95. The maximum atomic E-state index is 4.57. The molecule has 0 saturated carbocycles. The van der Waals surface area contributed by atoms with Gasteiger partial charge in [-0.15, -0.1) is 0 Å². The molecule has 0 aliphatic carbocycles. The van der Waals surface area contributed by atoms with E-state index in [1.165, 1.54) is 0 Å². The summed E-state index contributed by atoms with van der Waals surface area (Å²) in [5, 5.41) is 0. The van der Waals surface area contributed by atoms with E-state index in [9.17, 15) is 0 Å². The number of hydrogen-bond acceptors (Lipinski definition) is 3. The fourth-order valence-corrected chi connectivity index (χ4v) is 2.66. The van der Waals surface area contributed by atoms with Gasteiger partial charge in [0, 0.05) is 52.9 Å². The Balaban J connectivity index is 1.99. The third kappa shape index (κ3) is 4.07. The van der Waals surface area contributed by atoms with Crippen molar-refractivity contribution in [3.8, 4) is 11.1 Å². The van der Waals surface area contributed by atoms with Crippen LogP contribution in [-0.2, 0) is 0 Å². The van der Waals surface area contributed by atoms with Gasteiger partial charge >= 0.3 is 0 Å². The molecule has 124 valence electrons. The van der Waals surface area contributed by atoms with E-state index in [0.717, 1.165) is 45.7 Å². The molecule has 1 aliphatic rings. The fourth-order valence-electron chi connectivity index (χ4n) is 2.66. The topological polar surface area (TPSA) is 38.1 Å². The lowest BCUT2D eigenvalue weighted by atomic mass is 9.94. The number of aryl methyl sites for hydroxylation is 1. The number of aliphatic imine (C=N–C) groups is 1. The van der Waals surface area contributed by atoms with E-state index in [4.69, 9.17) is 0 Å². The lowest BCUT2D eigenvalue weighted by molar-refractivity contribution is 1.18. The molecule has 0 bridgehead atoms. The molecule has 0 radical (unpaired) electrons. The van der Waals surface area contributed by atoms with Crippen LogP contribution in [0.2, 0.25) is 0 Å². The third-order valence-electron chi connectivity index (χ3n) is 4.12. The second-order valence-electron chi connectivity index (χ2n) is 5.96. The molecule has 0 aromatic carbocycles. The first-order valence-corrected chi connectivity index (χ1v) is 8.29. The summed E-state index contributed by atoms with van der Waals surface area (Å²) in [7, 11) is 0. The summed E-state index contributed by atoms with van der Waals surface area (Å²) in [5.41, 5.74) is 7.14. The molecule has 0 amide bonds. The van der Waals surface area contributed by atoms with Crippen LogP contribution in [0.1, 0.15) is 24.6 Å². The Hall–Kier alpha value is -3.07. The summed E-state index contributed by atoms with van der Waals surface area (Å²) in [6, 6.07) is 6.11. The molecule has 3 heteroatoms. The van der Waals surface area contributed by atoms with Crippen LogP contribution in [0.25, 0.3) is 16.7 Å². The standard InChI is InChI=1S/C22H21N3/c1-16-9-10-19(7-4-5-12-24-16)17(2)22-13-21(15-25-18(22)3)20-8-6-11-23-14-20/h5-15H,2,4H2,1,3H3/b10-9-,12-5-,19-7+,24-16+. The lowest BCUT2D eigenvalue weighted by Crippen LogP contribution is -1.95. The van der Waals surface area contributed by atoms with E-state index < -0.39 is 0 Å². The van der Waals surface area contributed by atoms with Gasteiger partial charge in [-0.25, -0.2) is 0 Å². The molecule has 25 heavy (non-hydrogen) atoms. The van der Waals surface area contributed by atoms with Gasteiger partial charge in [0.05, 0.1) is 0 Å². The number of pyridine rings is 2. The van der Waals surface area contributed by atoms with Crippen LogP contribution >= 0.6 is 0 Å². The quantitative estimate of drug-likeness (QED) is 0.764. The highest BCUT2D eigenvalue weighted by Crippen LogP contribution is 2.29. The first kappa shape index (κ1) is 16.8. The highest BCUT2D eigenvalue weighted by Gasteiger charge is 2.10. The van der Waals surface area contributed by atoms with Crippen molar-refractivity contribution in [3.05, 3.63) is 90.7 Å². The van der Waals surface area contributed by atoms with Gasteiger partial charge in [0.2, 0.25) is 0 Å². The molecule has 0 spiro atoms. The first-order chi connectivity index (χ1) is 12.1. The Morgan fingerprint density at radius 2 is 2.00 bits per heavy atom. The SMILES string of the molecule is C=C(C1=C/C\C=C/N=C(C)/C=C\1)c1cc(-c2cccnc2)cnc1C. The molecule has 0 saturated heterocycles. The van der Waals surface area contributed by atoms with Crippen LogP contribution < -0.4 is 0 Å². The smallest absolute Gasteiger partial charge is 0.0451 e. The summed E-state index contributed by atoms with van der Waals surface area (Å²) in [5.74, 6) is 0. The van der Waals surface area contributed by atoms with Crippen molar-refractivity contribution in [1.82, 2.24) is 9.97 Å². The second kappa shape index (κ2) is 7.67. The predicted molar refractivity (Wildman–Crippen MR) is 105 cm³/mol. The zero-order chi connectivity index (χ0) is 17.6.